The number of nitrogens with two attached hydrogens (primary N) is 1. The first-order chi connectivity index (χ1) is 10.9. The van der Waals surface area contributed by atoms with Crippen LogP contribution in [0, 0.1) is 13.5 Å². The number of nitrogens with zero attached hydrogens (tertiary/aromatic N) is 3. The molecule has 0 spiro atoms. The molecule has 2 N–H and O–H groups in total. The summed E-state index contributed by atoms with van der Waals surface area (Å²) >= 11 is 0. The Balaban J connectivity index is 2.25. The summed E-state index contributed by atoms with van der Waals surface area (Å²) in [6, 6.07) is 2.24. The number of benzene rings is 1. The second-order valence-corrected chi connectivity index (χ2v) is 5.61. The zero-order valence-corrected chi connectivity index (χ0v) is 12.5. The van der Waals surface area contributed by atoms with Gasteiger partial charge in [-0.05, 0) is 25.5 Å². The highest BCUT2D eigenvalue weighted by Gasteiger charge is 2.30. The van der Waals surface area contributed by atoms with Gasteiger partial charge in [0.1, 0.15) is 11.6 Å². The molecule has 1 aliphatic rings. The standard InChI is InChI=1S/C16H14N4O3/c1-8-19-12-6-9(18-2)5-11(17)15(12)16(23)20(8)13-4-3-10(21)7-14(13)22/h5-6,13H,3-4,7,17H2,1H3/t13-/m0/s1. The van der Waals surface area contributed by atoms with Crippen LogP contribution >= 0.6 is 0 Å². The van der Waals surface area contributed by atoms with Crippen molar-refractivity contribution < 1.29 is 9.59 Å². The van der Waals surface area contributed by atoms with Crippen LogP contribution in [-0.2, 0) is 9.59 Å². The van der Waals surface area contributed by atoms with Crippen molar-refractivity contribution in [1.82, 2.24) is 9.55 Å². The van der Waals surface area contributed by atoms with Gasteiger partial charge in [0, 0.05) is 12.1 Å². The molecule has 0 aliphatic heterocycles. The lowest BCUT2D eigenvalue weighted by atomic mass is 9.92. The Bertz CT molecular complexity index is 952. The van der Waals surface area contributed by atoms with Crippen molar-refractivity contribution in [3.05, 3.63) is 39.7 Å². The monoisotopic (exact) mass is 310 g/mol. The maximum absolute atomic E-state index is 12.8. The summed E-state index contributed by atoms with van der Waals surface area (Å²) in [5, 5.41) is 0.202. The minimum absolute atomic E-state index is 0.105. The fourth-order valence-electron chi connectivity index (χ4n) is 3.01. The Morgan fingerprint density at radius 1 is 1.35 bits per heavy atom. The van der Waals surface area contributed by atoms with Crippen molar-refractivity contribution in [3.8, 4) is 0 Å². The molecule has 3 rings (SSSR count). The van der Waals surface area contributed by atoms with Crippen LogP contribution in [0.2, 0.25) is 0 Å². The predicted molar refractivity (Wildman–Crippen MR) is 84.3 cm³/mol. The van der Waals surface area contributed by atoms with Crippen LogP contribution < -0.4 is 11.3 Å². The number of carbonyl (C=O) groups excluding carboxylic acids is 2. The van der Waals surface area contributed by atoms with Crippen LogP contribution in [0.25, 0.3) is 15.7 Å². The van der Waals surface area contributed by atoms with E-state index >= 15 is 0 Å². The minimum atomic E-state index is -0.683. The number of Topliss-reactive ketones (excluding diaryl/α,β-unsaturated/α-hetero) is 2. The number of aryl methyl sites for hydroxylation is 1. The summed E-state index contributed by atoms with van der Waals surface area (Å²) < 4.78 is 1.32. The third-order valence-corrected chi connectivity index (χ3v) is 4.08. The summed E-state index contributed by atoms with van der Waals surface area (Å²) in [4.78, 5) is 44.0. The van der Waals surface area contributed by atoms with Gasteiger partial charge >= 0.3 is 0 Å². The zero-order chi connectivity index (χ0) is 16.7. The Kier molecular flexibility index (Phi) is 3.45. The van der Waals surface area contributed by atoms with Crippen molar-refractivity contribution in [2.24, 2.45) is 0 Å². The molecule has 0 amide bonds. The Hall–Kier alpha value is -3.01. The third kappa shape index (κ3) is 2.38. The van der Waals surface area contributed by atoms with E-state index in [1.807, 2.05) is 0 Å². The first-order valence-corrected chi connectivity index (χ1v) is 7.16. The van der Waals surface area contributed by atoms with E-state index in [1.165, 1.54) is 16.7 Å². The summed E-state index contributed by atoms with van der Waals surface area (Å²) in [7, 11) is 0. The van der Waals surface area contributed by atoms with Gasteiger partial charge in [-0.2, -0.15) is 0 Å². The molecule has 1 atom stereocenters. The number of carbonyl (C=O) groups is 2. The first kappa shape index (κ1) is 14.9. The number of aromatic nitrogens is 2. The number of hydrogen-bond donors (Lipinski definition) is 1. The second kappa shape index (κ2) is 5.32. The Morgan fingerprint density at radius 3 is 2.74 bits per heavy atom. The second-order valence-electron chi connectivity index (χ2n) is 5.61. The van der Waals surface area contributed by atoms with E-state index in [0.29, 0.717) is 23.4 Å². The van der Waals surface area contributed by atoms with E-state index in [0.717, 1.165) is 0 Å². The highest BCUT2D eigenvalue weighted by atomic mass is 16.2. The van der Waals surface area contributed by atoms with E-state index in [4.69, 9.17) is 12.3 Å². The van der Waals surface area contributed by atoms with Crippen LogP contribution in [0.15, 0.2) is 16.9 Å². The summed E-state index contributed by atoms with van der Waals surface area (Å²) in [6.45, 7) is 8.68. The number of anilines is 1. The maximum atomic E-state index is 12.8. The lowest BCUT2D eigenvalue weighted by Crippen LogP contribution is -2.36. The number of hydrogen-bond acceptors (Lipinski definition) is 5. The topological polar surface area (TPSA) is 99.4 Å². The van der Waals surface area contributed by atoms with Crippen LogP contribution in [-0.4, -0.2) is 21.1 Å². The van der Waals surface area contributed by atoms with Crippen molar-refractivity contribution in [1.29, 1.82) is 0 Å². The molecular weight excluding hydrogens is 296 g/mol. The molecule has 23 heavy (non-hydrogen) atoms. The molecule has 0 saturated heterocycles. The van der Waals surface area contributed by atoms with Gasteiger partial charge < -0.3 is 5.73 Å². The summed E-state index contributed by atoms with van der Waals surface area (Å²) in [6.07, 6.45) is 0.416. The van der Waals surface area contributed by atoms with Gasteiger partial charge in [-0.1, -0.05) is 0 Å². The molecule has 1 aliphatic carbocycles. The molecule has 1 heterocycles. The quantitative estimate of drug-likeness (QED) is 0.491. The molecule has 7 heteroatoms. The van der Waals surface area contributed by atoms with Crippen molar-refractivity contribution in [2.45, 2.75) is 32.2 Å². The average Bonchev–Trinajstić information content (AvgIpc) is 2.48. The lowest BCUT2D eigenvalue weighted by Gasteiger charge is -2.24. The normalized spacial score (nSPS) is 18.2. The molecule has 116 valence electrons. The van der Waals surface area contributed by atoms with E-state index in [-0.39, 0.29) is 35.5 Å². The highest BCUT2D eigenvalue weighted by Crippen LogP contribution is 2.27. The SMILES string of the molecule is [C-]#[N+]c1cc(N)c2c(=O)n([C@H]3CCC(=O)CC3=O)c(C)nc2c1. The molecule has 0 unspecified atom stereocenters. The average molecular weight is 310 g/mol. The van der Waals surface area contributed by atoms with Crippen molar-refractivity contribution >= 4 is 33.8 Å². The van der Waals surface area contributed by atoms with Crippen LogP contribution in [0.5, 0.6) is 0 Å². The number of rotatable bonds is 1. The Labute approximate surface area is 131 Å². The van der Waals surface area contributed by atoms with E-state index < -0.39 is 11.6 Å². The zero-order valence-electron chi connectivity index (χ0n) is 12.5. The largest absolute Gasteiger partial charge is 0.399 e. The van der Waals surface area contributed by atoms with Gasteiger partial charge in [0.25, 0.3) is 5.56 Å². The number of ketones is 2. The van der Waals surface area contributed by atoms with Crippen LogP contribution in [0.4, 0.5) is 11.4 Å². The minimum Gasteiger partial charge on any atom is -0.399 e. The molecule has 1 saturated carbocycles. The lowest BCUT2D eigenvalue weighted by molar-refractivity contribution is -0.132. The molecule has 0 bridgehead atoms. The summed E-state index contributed by atoms with van der Waals surface area (Å²) in [5.41, 5.74) is 6.31. The van der Waals surface area contributed by atoms with Crippen molar-refractivity contribution in [3.63, 3.8) is 0 Å². The first-order valence-electron chi connectivity index (χ1n) is 7.16. The molecule has 1 aromatic carbocycles. The molecule has 1 fully saturated rings. The van der Waals surface area contributed by atoms with E-state index in [2.05, 4.69) is 9.83 Å². The van der Waals surface area contributed by atoms with Crippen molar-refractivity contribution in [2.75, 3.05) is 5.73 Å². The predicted octanol–water partition coefficient (Wildman–Crippen LogP) is 1.70. The third-order valence-electron chi connectivity index (χ3n) is 4.08. The Morgan fingerprint density at radius 2 is 2.09 bits per heavy atom. The van der Waals surface area contributed by atoms with Crippen LogP contribution in [0.3, 0.4) is 0 Å². The van der Waals surface area contributed by atoms with Crippen LogP contribution in [0.1, 0.15) is 31.1 Å². The van der Waals surface area contributed by atoms with Gasteiger partial charge in [-0.3, -0.25) is 19.0 Å². The van der Waals surface area contributed by atoms with Gasteiger partial charge in [-0.25, -0.2) is 9.83 Å². The van der Waals surface area contributed by atoms with Gasteiger partial charge in [0.15, 0.2) is 11.5 Å². The fraction of sp³-hybridized carbons (Fsp3) is 0.312. The number of fused-ring (bicyclic) bond motifs is 1. The molecule has 7 nitrogen and oxygen atoms in total. The highest BCUT2D eigenvalue weighted by molar-refractivity contribution is 6.03. The molecular formula is C16H14N4O3. The van der Waals surface area contributed by atoms with Gasteiger partial charge in [0.2, 0.25) is 0 Å². The van der Waals surface area contributed by atoms with Gasteiger partial charge in [0.05, 0.1) is 29.9 Å². The number of nitrogen functional groups attached to an aromatic ring is 1. The fourth-order valence-corrected chi connectivity index (χ4v) is 3.01. The van der Waals surface area contributed by atoms with E-state index in [1.54, 1.807) is 6.92 Å². The summed E-state index contributed by atoms with van der Waals surface area (Å²) in [5.74, 6) is -0.00686. The van der Waals surface area contributed by atoms with E-state index in [9.17, 15) is 14.4 Å². The smallest absolute Gasteiger partial charge is 0.264 e. The maximum Gasteiger partial charge on any atom is 0.264 e. The molecule has 0 radical (unpaired) electrons. The van der Waals surface area contributed by atoms with Gasteiger partial charge in [-0.15, -0.1) is 0 Å². The molecule has 2 aromatic rings. The molecule has 1 aromatic heterocycles.